The Bertz CT molecular complexity index is 662. The van der Waals surface area contributed by atoms with Crippen LogP contribution in [0.2, 0.25) is 0 Å². The number of pyridine rings is 1. The number of aliphatic hydroxyl groups is 1. The molecule has 3 heteroatoms. The van der Waals surface area contributed by atoms with E-state index < -0.39 is 0 Å². The van der Waals surface area contributed by atoms with Gasteiger partial charge in [0.25, 0.3) is 0 Å². The molecule has 16 heavy (non-hydrogen) atoms. The van der Waals surface area contributed by atoms with E-state index in [2.05, 4.69) is 4.98 Å². The highest BCUT2D eigenvalue weighted by molar-refractivity contribution is 5.66. The number of rotatable bonds is 0. The van der Waals surface area contributed by atoms with Crippen molar-refractivity contribution >= 4 is 12.0 Å². The van der Waals surface area contributed by atoms with E-state index in [0.29, 0.717) is 21.9 Å². The van der Waals surface area contributed by atoms with Gasteiger partial charge >= 0.3 is 0 Å². The maximum Gasteiger partial charge on any atom is 0.137 e. The fourth-order valence-electron chi connectivity index (χ4n) is 1.74. The van der Waals surface area contributed by atoms with E-state index in [1.165, 1.54) is 0 Å². The highest BCUT2D eigenvalue weighted by Crippen LogP contribution is 2.23. The standard InChI is InChI=1S/C13H9NO2/c15-13-9-5-3-7-14-11(9)8-16-12-6-2-1-4-10(12)13/h1-8,15H. The molecule has 0 atom stereocenters. The van der Waals surface area contributed by atoms with E-state index in [-0.39, 0.29) is 5.76 Å². The van der Waals surface area contributed by atoms with Crippen LogP contribution in [0.15, 0.2) is 42.6 Å². The Morgan fingerprint density at radius 2 is 1.94 bits per heavy atom. The summed E-state index contributed by atoms with van der Waals surface area (Å²) in [6.07, 6.45) is 3.22. The molecule has 2 heterocycles. The molecule has 0 amide bonds. The Balaban J connectivity index is 2.45. The molecule has 3 nitrogen and oxygen atoms in total. The van der Waals surface area contributed by atoms with Gasteiger partial charge < -0.3 is 9.84 Å². The van der Waals surface area contributed by atoms with E-state index >= 15 is 0 Å². The molecular formula is C13H9NO2. The Morgan fingerprint density at radius 3 is 2.88 bits per heavy atom. The minimum Gasteiger partial charge on any atom is -0.506 e. The van der Waals surface area contributed by atoms with Crippen molar-refractivity contribution in [2.75, 3.05) is 0 Å². The Hall–Kier alpha value is -2.29. The van der Waals surface area contributed by atoms with Crippen LogP contribution in [0, 0.1) is 0 Å². The van der Waals surface area contributed by atoms with E-state index in [1.54, 1.807) is 18.5 Å². The van der Waals surface area contributed by atoms with Crippen LogP contribution in [0.5, 0.6) is 5.75 Å². The lowest BCUT2D eigenvalue weighted by Crippen LogP contribution is -2.29. The molecule has 3 rings (SSSR count). The number of hydrogen-bond acceptors (Lipinski definition) is 3. The van der Waals surface area contributed by atoms with Crippen molar-refractivity contribution in [3.05, 3.63) is 58.7 Å². The Morgan fingerprint density at radius 1 is 1.06 bits per heavy atom. The first-order valence-corrected chi connectivity index (χ1v) is 4.97. The number of ether oxygens (including phenoxy) is 1. The van der Waals surface area contributed by atoms with E-state index in [0.717, 1.165) is 0 Å². The zero-order valence-corrected chi connectivity index (χ0v) is 8.42. The molecule has 0 aliphatic carbocycles. The Labute approximate surface area is 92.0 Å². The summed E-state index contributed by atoms with van der Waals surface area (Å²) in [6.45, 7) is 0. The van der Waals surface area contributed by atoms with E-state index in [9.17, 15) is 5.11 Å². The third-order valence-electron chi connectivity index (χ3n) is 2.53. The normalized spacial score (nSPS) is 12.9. The molecule has 0 spiro atoms. The monoisotopic (exact) mass is 211 g/mol. The second-order valence-electron chi connectivity index (χ2n) is 3.52. The topological polar surface area (TPSA) is 42.4 Å². The smallest absolute Gasteiger partial charge is 0.137 e. The Kier molecular flexibility index (Phi) is 1.90. The second-order valence-corrected chi connectivity index (χ2v) is 3.52. The fourth-order valence-corrected chi connectivity index (χ4v) is 1.74. The largest absolute Gasteiger partial charge is 0.506 e. The first-order valence-electron chi connectivity index (χ1n) is 4.97. The van der Waals surface area contributed by atoms with Crippen LogP contribution in [-0.2, 0) is 0 Å². The minimum atomic E-state index is 0.201. The van der Waals surface area contributed by atoms with Crippen molar-refractivity contribution in [1.29, 1.82) is 0 Å². The highest BCUT2D eigenvalue weighted by Gasteiger charge is 2.11. The molecule has 1 aliphatic rings. The number of benzene rings is 1. The van der Waals surface area contributed by atoms with E-state index in [1.807, 2.05) is 30.3 Å². The summed E-state index contributed by atoms with van der Waals surface area (Å²) in [6, 6.07) is 11.0. The first kappa shape index (κ1) is 8.97. The van der Waals surface area contributed by atoms with Crippen LogP contribution < -0.4 is 15.3 Å². The van der Waals surface area contributed by atoms with Crippen molar-refractivity contribution in [3.8, 4) is 5.75 Å². The van der Waals surface area contributed by atoms with Crippen LogP contribution in [-0.4, -0.2) is 10.1 Å². The summed E-state index contributed by atoms with van der Waals surface area (Å²) in [5.74, 6) is 0.838. The van der Waals surface area contributed by atoms with Gasteiger partial charge in [-0.1, -0.05) is 12.1 Å². The SMILES string of the molecule is OC1=c2cccnc2=COc2ccccc21. The van der Waals surface area contributed by atoms with Gasteiger partial charge in [0, 0.05) is 11.4 Å². The third kappa shape index (κ3) is 1.26. The summed E-state index contributed by atoms with van der Waals surface area (Å²) >= 11 is 0. The number of aromatic nitrogens is 1. The number of fused-ring (bicyclic) bond motifs is 2. The number of hydrogen-bond donors (Lipinski definition) is 1. The maximum absolute atomic E-state index is 10.2. The molecule has 0 unspecified atom stereocenters. The zero-order valence-electron chi connectivity index (χ0n) is 8.42. The predicted molar refractivity (Wildman–Crippen MR) is 60.2 cm³/mol. The van der Waals surface area contributed by atoms with Gasteiger partial charge in [0.05, 0.1) is 5.56 Å². The van der Waals surface area contributed by atoms with E-state index in [4.69, 9.17) is 4.74 Å². The van der Waals surface area contributed by atoms with Gasteiger partial charge in [-0.15, -0.1) is 0 Å². The second kappa shape index (κ2) is 3.38. The molecule has 1 aliphatic heterocycles. The zero-order chi connectivity index (χ0) is 11.0. The third-order valence-corrected chi connectivity index (χ3v) is 2.53. The van der Waals surface area contributed by atoms with Gasteiger partial charge in [-0.3, -0.25) is 4.98 Å². The average molecular weight is 211 g/mol. The molecular weight excluding hydrogens is 202 g/mol. The van der Waals surface area contributed by atoms with Gasteiger partial charge in [-0.2, -0.15) is 0 Å². The van der Waals surface area contributed by atoms with Crippen molar-refractivity contribution in [1.82, 2.24) is 4.98 Å². The van der Waals surface area contributed by atoms with Crippen molar-refractivity contribution in [2.45, 2.75) is 0 Å². The molecule has 2 aromatic rings. The van der Waals surface area contributed by atoms with Crippen molar-refractivity contribution in [3.63, 3.8) is 0 Å². The molecule has 1 N–H and O–H groups in total. The van der Waals surface area contributed by atoms with Gasteiger partial charge in [0.1, 0.15) is 23.1 Å². The molecule has 0 radical (unpaired) electrons. The lowest BCUT2D eigenvalue weighted by molar-refractivity contribution is 0.497. The fraction of sp³-hybridized carbons (Fsp3) is 0. The van der Waals surface area contributed by atoms with Gasteiger partial charge in [0.2, 0.25) is 0 Å². The molecule has 0 saturated heterocycles. The molecule has 0 saturated carbocycles. The maximum atomic E-state index is 10.2. The quantitative estimate of drug-likeness (QED) is 0.704. The highest BCUT2D eigenvalue weighted by atomic mass is 16.5. The lowest BCUT2D eigenvalue weighted by atomic mass is 10.1. The first-order chi connectivity index (χ1) is 7.86. The molecule has 1 aromatic heterocycles. The van der Waals surface area contributed by atoms with Crippen LogP contribution >= 0.6 is 0 Å². The predicted octanol–water partition coefficient (Wildman–Crippen LogP) is 0.927. The van der Waals surface area contributed by atoms with Crippen LogP contribution in [0.3, 0.4) is 0 Å². The number of nitrogens with zero attached hydrogens (tertiary/aromatic N) is 1. The van der Waals surface area contributed by atoms with Crippen LogP contribution in [0.25, 0.3) is 12.0 Å². The lowest BCUT2D eigenvalue weighted by Gasteiger charge is -2.04. The van der Waals surface area contributed by atoms with Crippen LogP contribution in [0.1, 0.15) is 5.56 Å². The summed E-state index contributed by atoms with van der Waals surface area (Å²) in [5.41, 5.74) is 0.686. The van der Waals surface area contributed by atoms with Crippen LogP contribution in [0.4, 0.5) is 0 Å². The minimum absolute atomic E-state index is 0.201. The summed E-state index contributed by atoms with van der Waals surface area (Å²) in [5, 5.41) is 11.5. The van der Waals surface area contributed by atoms with Gasteiger partial charge in [0.15, 0.2) is 0 Å². The summed E-state index contributed by atoms with van der Waals surface area (Å²) in [7, 11) is 0. The molecule has 1 aromatic carbocycles. The van der Waals surface area contributed by atoms with Crippen molar-refractivity contribution < 1.29 is 9.84 Å². The molecule has 78 valence electrons. The van der Waals surface area contributed by atoms with Crippen molar-refractivity contribution in [2.24, 2.45) is 0 Å². The number of aliphatic hydroxyl groups excluding tert-OH is 1. The number of para-hydroxylation sites is 1. The van der Waals surface area contributed by atoms with Gasteiger partial charge in [-0.05, 0) is 24.3 Å². The average Bonchev–Trinajstić information content (AvgIpc) is 2.49. The van der Waals surface area contributed by atoms with Gasteiger partial charge in [-0.25, -0.2) is 0 Å². The molecule has 0 fully saturated rings. The summed E-state index contributed by atoms with van der Waals surface area (Å²) < 4.78 is 5.48. The molecule has 0 bridgehead atoms. The summed E-state index contributed by atoms with van der Waals surface area (Å²) in [4.78, 5) is 4.15.